The lowest BCUT2D eigenvalue weighted by Gasteiger charge is -2.42. The molecule has 0 spiro atoms. The van der Waals surface area contributed by atoms with Crippen molar-refractivity contribution in [3.63, 3.8) is 0 Å². The maximum atomic E-state index is 5.95. The molecule has 0 radical (unpaired) electrons. The van der Waals surface area contributed by atoms with E-state index in [-0.39, 0.29) is 5.60 Å². The third kappa shape index (κ3) is 4.66. The largest absolute Gasteiger partial charge is 0.369 e. The molecule has 1 aliphatic rings. The van der Waals surface area contributed by atoms with E-state index in [9.17, 15) is 0 Å². The third-order valence-electron chi connectivity index (χ3n) is 2.48. The van der Waals surface area contributed by atoms with E-state index in [0.29, 0.717) is 6.10 Å². The Labute approximate surface area is 102 Å². The van der Waals surface area contributed by atoms with Gasteiger partial charge in [-0.3, -0.25) is 4.90 Å². The Morgan fingerprint density at radius 2 is 2.20 bits per heavy atom. The highest BCUT2D eigenvalue weighted by Gasteiger charge is 2.32. The van der Waals surface area contributed by atoms with Crippen LogP contribution in [0.4, 0.5) is 0 Å². The minimum atomic E-state index is -0.0217. The first-order valence-electron chi connectivity index (χ1n) is 5.52. The Morgan fingerprint density at radius 3 is 2.73 bits per heavy atom. The van der Waals surface area contributed by atoms with Crippen LogP contribution in [0, 0.1) is 0 Å². The lowest BCUT2D eigenvalue weighted by atomic mass is 10.1. The second kappa shape index (κ2) is 5.46. The molecule has 1 unspecified atom stereocenters. The van der Waals surface area contributed by atoms with E-state index >= 15 is 0 Å². The molecule has 15 heavy (non-hydrogen) atoms. The lowest BCUT2D eigenvalue weighted by Crippen LogP contribution is -2.53. The number of hydrogen-bond acceptors (Lipinski definition) is 2. The quantitative estimate of drug-likeness (QED) is 0.580. The number of hydrogen-bond donors (Lipinski definition) is 0. The smallest absolute Gasteiger partial charge is 0.0806 e. The number of ether oxygens (including phenoxy) is 1. The highest BCUT2D eigenvalue weighted by atomic mass is 79.9. The molecule has 1 atom stereocenters. The molecule has 0 aromatic heterocycles. The van der Waals surface area contributed by atoms with Crippen LogP contribution in [-0.2, 0) is 4.74 Å². The SMILES string of the molecule is CC(C)=CCN1CC(CBr)OC(C)(C)C1. The van der Waals surface area contributed by atoms with E-state index < -0.39 is 0 Å². The van der Waals surface area contributed by atoms with Crippen molar-refractivity contribution in [3.8, 4) is 0 Å². The predicted octanol–water partition coefficient (Wildman–Crippen LogP) is 2.83. The summed E-state index contributed by atoms with van der Waals surface area (Å²) in [5, 5.41) is 0.918. The van der Waals surface area contributed by atoms with Gasteiger partial charge >= 0.3 is 0 Å². The Kier molecular flexibility index (Phi) is 4.81. The summed E-state index contributed by atoms with van der Waals surface area (Å²) < 4.78 is 5.95. The number of halogens is 1. The number of nitrogens with zero attached hydrogens (tertiary/aromatic N) is 1. The summed E-state index contributed by atoms with van der Waals surface area (Å²) in [6.07, 6.45) is 2.60. The van der Waals surface area contributed by atoms with Crippen LogP contribution in [-0.4, -0.2) is 41.6 Å². The standard InChI is InChI=1S/C12H22BrNO/c1-10(2)5-6-14-8-11(7-13)15-12(3,4)9-14/h5,11H,6-9H2,1-4H3. The van der Waals surface area contributed by atoms with Crippen molar-refractivity contribution >= 4 is 15.9 Å². The van der Waals surface area contributed by atoms with E-state index in [1.165, 1.54) is 5.57 Å². The second-order valence-electron chi connectivity index (χ2n) is 5.13. The molecule has 0 aromatic rings. The average molecular weight is 276 g/mol. The zero-order valence-electron chi connectivity index (χ0n) is 10.2. The molecule has 3 heteroatoms. The zero-order chi connectivity index (χ0) is 11.5. The summed E-state index contributed by atoms with van der Waals surface area (Å²) in [6, 6.07) is 0. The van der Waals surface area contributed by atoms with Crippen LogP contribution in [0.3, 0.4) is 0 Å². The zero-order valence-corrected chi connectivity index (χ0v) is 11.8. The van der Waals surface area contributed by atoms with Gasteiger partial charge in [-0.25, -0.2) is 0 Å². The molecule has 1 aliphatic heterocycles. The fourth-order valence-corrected chi connectivity index (χ4v) is 2.28. The van der Waals surface area contributed by atoms with E-state index in [4.69, 9.17) is 4.74 Å². The van der Waals surface area contributed by atoms with Crippen LogP contribution < -0.4 is 0 Å². The van der Waals surface area contributed by atoms with Gasteiger partial charge in [0.25, 0.3) is 0 Å². The van der Waals surface area contributed by atoms with Crippen molar-refractivity contribution in [1.82, 2.24) is 4.90 Å². The molecule has 2 nitrogen and oxygen atoms in total. The van der Waals surface area contributed by atoms with Gasteiger partial charge < -0.3 is 4.74 Å². The Hall–Kier alpha value is 0.140. The molecule has 0 aromatic carbocycles. The van der Waals surface area contributed by atoms with Crippen LogP contribution in [0.5, 0.6) is 0 Å². The molecule has 1 rings (SSSR count). The number of rotatable bonds is 3. The van der Waals surface area contributed by atoms with Crippen LogP contribution >= 0.6 is 15.9 Å². The molecule has 0 amide bonds. The van der Waals surface area contributed by atoms with Crippen molar-refractivity contribution in [2.45, 2.75) is 39.4 Å². The summed E-state index contributed by atoms with van der Waals surface area (Å²) in [5.74, 6) is 0. The van der Waals surface area contributed by atoms with Crippen molar-refractivity contribution in [1.29, 1.82) is 0 Å². The van der Waals surface area contributed by atoms with Gasteiger partial charge in [0.2, 0.25) is 0 Å². The maximum Gasteiger partial charge on any atom is 0.0806 e. The topological polar surface area (TPSA) is 12.5 Å². The van der Waals surface area contributed by atoms with Gasteiger partial charge in [0.15, 0.2) is 0 Å². The minimum absolute atomic E-state index is 0.0217. The molecule has 88 valence electrons. The molecule has 1 saturated heterocycles. The highest BCUT2D eigenvalue weighted by molar-refractivity contribution is 9.09. The van der Waals surface area contributed by atoms with E-state index in [1.807, 2.05) is 0 Å². The van der Waals surface area contributed by atoms with Crippen LogP contribution in [0.25, 0.3) is 0 Å². The van der Waals surface area contributed by atoms with E-state index in [0.717, 1.165) is 25.0 Å². The molecular weight excluding hydrogens is 254 g/mol. The Bertz CT molecular complexity index is 234. The Balaban J connectivity index is 2.54. The first-order chi connectivity index (χ1) is 6.93. The fraction of sp³-hybridized carbons (Fsp3) is 0.833. The molecular formula is C12H22BrNO. The van der Waals surface area contributed by atoms with Crippen LogP contribution in [0.2, 0.25) is 0 Å². The summed E-state index contributed by atoms with van der Waals surface area (Å²) in [4.78, 5) is 2.46. The Morgan fingerprint density at radius 1 is 1.53 bits per heavy atom. The molecule has 0 N–H and O–H groups in total. The maximum absolute atomic E-state index is 5.95. The third-order valence-corrected chi connectivity index (χ3v) is 3.20. The van der Waals surface area contributed by atoms with Gasteiger partial charge in [0, 0.05) is 25.0 Å². The van der Waals surface area contributed by atoms with Crippen molar-refractivity contribution in [2.75, 3.05) is 25.0 Å². The second-order valence-corrected chi connectivity index (χ2v) is 5.78. The molecule has 0 saturated carbocycles. The summed E-state index contributed by atoms with van der Waals surface area (Å²) in [6.45, 7) is 11.7. The van der Waals surface area contributed by atoms with E-state index in [1.54, 1.807) is 0 Å². The number of alkyl halides is 1. The minimum Gasteiger partial charge on any atom is -0.369 e. The van der Waals surface area contributed by atoms with Gasteiger partial charge in [-0.1, -0.05) is 27.6 Å². The summed E-state index contributed by atoms with van der Waals surface area (Å²) >= 11 is 3.50. The van der Waals surface area contributed by atoms with Crippen molar-refractivity contribution in [3.05, 3.63) is 11.6 Å². The molecule has 1 heterocycles. The van der Waals surface area contributed by atoms with Crippen LogP contribution in [0.1, 0.15) is 27.7 Å². The van der Waals surface area contributed by atoms with Gasteiger partial charge in [0.1, 0.15) is 0 Å². The van der Waals surface area contributed by atoms with Gasteiger partial charge in [-0.15, -0.1) is 0 Å². The molecule has 0 aliphatic carbocycles. The average Bonchev–Trinajstić information content (AvgIpc) is 2.12. The fourth-order valence-electron chi connectivity index (χ4n) is 1.95. The van der Waals surface area contributed by atoms with Crippen molar-refractivity contribution in [2.24, 2.45) is 0 Å². The molecule has 1 fully saturated rings. The number of morpholine rings is 1. The highest BCUT2D eigenvalue weighted by Crippen LogP contribution is 2.21. The summed E-state index contributed by atoms with van der Waals surface area (Å²) in [5.41, 5.74) is 1.36. The molecule has 0 bridgehead atoms. The van der Waals surface area contributed by atoms with Gasteiger partial charge in [-0.05, 0) is 27.7 Å². The normalized spacial score (nSPS) is 26.3. The van der Waals surface area contributed by atoms with Gasteiger partial charge in [0.05, 0.1) is 11.7 Å². The van der Waals surface area contributed by atoms with Gasteiger partial charge in [-0.2, -0.15) is 0 Å². The first kappa shape index (κ1) is 13.2. The van der Waals surface area contributed by atoms with Crippen molar-refractivity contribution < 1.29 is 4.74 Å². The first-order valence-corrected chi connectivity index (χ1v) is 6.64. The summed E-state index contributed by atoms with van der Waals surface area (Å²) in [7, 11) is 0. The van der Waals surface area contributed by atoms with Crippen LogP contribution in [0.15, 0.2) is 11.6 Å². The monoisotopic (exact) mass is 275 g/mol. The van der Waals surface area contributed by atoms with E-state index in [2.05, 4.69) is 54.6 Å². The predicted molar refractivity (Wildman–Crippen MR) is 68.6 cm³/mol. The lowest BCUT2D eigenvalue weighted by molar-refractivity contribution is -0.123. The number of allylic oxidation sites excluding steroid dienone is 1.